The zero-order valence-electron chi connectivity index (χ0n) is 17.5. The number of hydrogen-bond acceptors (Lipinski definition) is 3. The van der Waals surface area contributed by atoms with Crippen LogP contribution in [0.5, 0.6) is 5.75 Å². The molecule has 0 aliphatic carbocycles. The summed E-state index contributed by atoms with van der Waals surface area (Å²) in [7, 11) is 0. The topological polar surface area (TPSA) is 63.1 Å². The molecule has 1 saturated heterocycles. The number of benzene rings is 1. The van der Waals surface area contributed by atoms with Gasteiger partial charge >= 0.3 is 0 Å². The van der Waals surface area contributed by atoms with Crippen molar-refractivity contribution < 1.29 is 19.2 Å². The number of anilines is 1. The number of nitrogens with one attached hydrogen (secondary N) is 2. The number of ether oxygens (including phenoxy) is 1. The maximum atomic E-state index is 12.4. The molecule has 6 heteroatoms. The van der Waals surface area contributed by atoms with Gasteiger partial charge in [-0.2, -0.15) is 0 Å². The molecule has 28 heavy (non-hydrogen) atoms. The number of carbonyl (C=O) groups is 2. The van der Waals surface area contributed by atoms with Crippen molar-refractivity contribution in [3.05, 3.63) is 23.8 Å². The average Bonchev–Trinajstić information content (AvgIpc) is 2.67. The highest BCUT2D eigenvalue weighted by Gasteiger charge is 2.29. The smallest absolute Gasteiger partial charge is 0.265 e. The van der Waals surface area contributed by atoms with Crippen molar-refractivity contribution in [2.75, 3.05) is 44.2 Å². The summed E-state index contributed by atoms with van der Waals surface area (Å²) >= 11 is 0. The SMILES string of the molecule is CC(C)(C)c1ccc2c(c1)N(CC(=O)NCCC[NH+]1CCCCC1)C(=O)CO2. The number of rotatable bonds is 6. The second kappa shape index (κ2) is 8.95. The van der Waals surface area contributed by atoms with E-state index in [9.17, 15) is 9.59 Å². The Hall–Kier alpha value is -2.08. The van der Waals surface area contributed by atoms with Gasteiger partial charge in [0, 0.05) is 13.0 Å². The van der Waals surface area contributed by atoms with Crippen LogP contribution in [-0.2, 0) is 15.0 Å². The molecule has 2 N–H and O–H groups in total. The fourth-order valence-electron chi connectivity index (χ4n) is 3.91. The summed E-state index contributed by atoms with van der Waals surface area (Å²) in [5, 5.41) is 2.98. The number of amides is 2. The predicted molar refractivity (Wildman–Crippen MR) is 110 cm³/mol. The zero-order valence-corrected chi connectivity index (χ0v) is 17.5. The third-order valence-electron chi connectivity index (χ3n) is 5.66. The molecule has 0 saturated carbocycles. The van der Waals surface area contributed by atoms with E-state index < -0.39 is 0 Å². The van der Waals surface area contributed by atoms with Crippen LogP contribution >= 0.6 is 0 Å². The molecule has 0 bridgehead atoms. The van der Waals surface area contributed by atoms with Crippen molar-refractivity contribution in [1.29, 1.82) is 0 Å². The van der Waals surface area contributed by atoms with E-state index in [1.54, 1.807) is 9.80 Å². The van der Waals surface area contributed by atoms with Crippen molar-refractivity contribution >= 4 is 17.5 Å². The van der Waals surface area contributed by atoms with E-state index >= 15 is 0 Å². The average molecular weight is 389 g/mol. The van der Waals surface area contributed by atoms with Crippen LogP contribution in [0.1, 0.15) is 52.0 Å². The minimum Gasteiger partial charge on any atom is -0.482 e. The number of likely N-dealkylation sites (tertiary alicyclic amines) is 1. The Kier molecular flexibility index (Phi) is 6.60. The number of hydrogen-bond donors (Lipinski definition) is 2. The molecular weight excluding hydrogens is 354 g/mol. The summed E-state index contributed by atoms with van der Waals surface area (Å²) in [6, 6.07) is 5.89. The Morgan fingerprint density at radius 3 is 2.68 bits per heavy atom. The van der Waals surface area contributed by atoms with Gasteiger partial charge in [-0.05, 0) is 42.4 Å². The van der Waals surface area contributed by atoms with Crippen LogP contribution in [0.15, 0.2) is 18.2 Å². The molecule has 1 fully saturated rings. The molecule has 2 amide bonds. The van der Waals surface area contributed by atoms with E-state index in [4.69, 9.17) is 4.74 Å². The van der Waals surface area contributed by atoms with Crippen LogP contribution in [0.2, 0.25) is 0 Å². The Bertz CT molecular complexity index is 705. The molecule has 3 rings (SSSR count). The second-order valence-electron chi connectivity index (χ2n) is 8.97. The van der Waals surface area contributed by atoms with Gasteiger partial charge in [0.25, 0.3) is 5.91 Å². The lowest BCUT2D eigenvalue weighted by Gasteiger charge is -2.31. The lowest BCUT2D eigenvalue weighted by molar-refractivity contribution is -0.904. The van der Waals surface area contributed by atoms with Crippen molar-refractivity contribution in [3.8, 4) is 5.75 Å². The van der Waals surface area contributed by atoms with E-state index in [2.05, 4.69) is 26.1 Å². The first kappa shape index (κ1) is 20.6. The maximum Gasteiger partial charge on any atom is 0.265 e. The molecular formula is C22H34N3O3+. The van der Waals surface area contributed by atoms with E-state index in [-0.39, 0.29) is 30.4 Å². The standard InChI is InChI=1S/C22H33N3O3/c1-22(2,3)17-8-9-19-18(14-17)25(21(27)16-28-19)15-20(26)23-10-7-13-24-11-5-4-6-12-24/h8-9,14H,4-7,10-13,15-16H2,1-3H3,(H,23,26)/p+1. The minimum absolute atomic E-state index is 0.0204. The molecule has 0 aromatic heterocycles. The van der Waals surface area contributed by atoms with Crippen LogP contribution < -0.4 is 19.9 Å². The number of carbonyl (C=O) groups excluding carboxylic acids is 2. The zero-order chi connectivity index (χ0) is 20.1. The third kappa shape index (κ3) is 5.25. The Morgan fingerprint density at radius 1 is 1.21 bits per heavy atom. The first-order valence-corrected chi connectivity index (χ1v) is 10.5. The van der Waals surface area contributed by atoms with E-state index in [1.165, 1.54) is 32.4 Å². The van der Waals surface area contributed by atoms with Crippen LogP contribution in [0, 0.1) is 0 Å². The largest absolute Gasteiger partial charge is 0.482 e. The molecule has 0 atom stereocenters. The molecule has 0 radical (unpaired) electrons. The highest BCUT2D eigenvalue weighted by Crippen LogP contribution is 2.36. The summed E-state index contributed by atoms with van der Waals surface area (Å²) < 4.78 is 5.56. The molecule has 1 aromatic rings. The van der Waals surface area contributed by atoms with Gasteiger partial charge in [-0.15, -0.1) is 0 Å². The summed E-state index contributed by atoms with van der Waals surface area (Å²) in [4.78, 5) is 28.1. The summed E-state index contributed by atoms with van der Waals surface area (Å²) in [6.07, 6.45) is 4.96. The molecule has 6 nitrogen and oxygen atoms in total. The monoisotopic (exact) mass is 388 g/mol. The van der Waals surface area contributed by atoms with Crippen LogP contribution in [0.25, 0.3) is 0 Å². The van der Waals surface area contributed by atoms with Gasteiger partial charge in [-0.3, -0.25) is 14.5 Å². The van der Waals surface area contributed by atoms with Crippen molar-refractivity contribution in [3.63, 3.8) is 0 Å². The normalized spacial score (nSPS) is 17.8. The lowest BCUT2D eigenvalue weighted by Crippen LogP contribution is -3.12. The van der Waals surface area contributed by atoms with Gasteiger partial charge in [0.2, 0.25) is 5.91 Å². The van der Waals surface area contributed by atoms with Gasteiger partial charge < -0.3 is 15.0 Å². The minimum atomic E-state index is -0.175. The highest BCUT2D eigenvalue weighted by atomic mass is 16.5. The molecule has 0 unspecified atom stereocenters. The van der Waals surface area contributed by atoms with Crippen LogP contribution in [0.4, 0.5) is 5.69 Å². The highest BCUT2D eigenvalue weighted by molar-refractivity contribution is 6.02. The van der Waals surface area contributed by atoms with Crippen molar-refractivity contribution in [2.24, 2.45) is 0 Å². The Morgan fingerprint density at radius 2 is 1.96 bits per heavy atom. The Labute approximate surface area is 168 Å². The fourth-order valence-corrected chi connectivity index (χ4v) is 3.91. The van der Waals surface area contributed by atoms with Crippen LogP contribution in [-0.4, -0.2) is 51.1 Å². The summed E-state index contributed by atoms with van der Waals surface area (Å²) in [5.41, 5.74) is 1.76. The fraction of sp³-hybridized carbons (Fsp3) is 0.636. The molecule has 2 aliphatic rings. The van der Waals surface area contributed by atoms with E-state index in [0.717, 1.165) is 18.5 Å². The molecule has 154 valence electrons. The quantitative estimate of drug-likeness (QED) is 0.722. The molecule has 1 aromatic carbocycles. The number of nitrogens with zero attached hydrogens (tertiary/aromatic N) is 1. The van der Waals surface area contributed by atoms with Crippen molar-refractivity contribution in [2.45, 2.75) is 51.9 Å². The molecule has 2 heterocycles. The first-order chi connectivity index (χ1) is 13.3. The number of fused-ring (bicyclic) bond motifs is 1. The third-order valence-corrected chi connectivity index (χ3v) is 5.66. The van der Waals surface area contributed by atoms with Gasteiger partial charge in [-0.1, -0.05) is 26.8 Å². The van der Waals surface area contributed by atoms with E-state index in [0.29, 0.717) is 18.0 Å². The Balaban J connectivity index is 1.56. The number of quaternary nitrogens is 1. The van der Waals surface area contributed by atoms with Gasteiger partial charge in [0.15, 0.2) is 6.61 Å². The lowest BCUT2D eigenvalue weighted by atomic mass is 9.86. The van der Waals surface area contributed by atoms with Crippen LogP contribution in [0.3, 0.4) is 0 Å². The van der Waals surface area contributed by atoms with E-state index in [1.807, 2.05) is 18.2 Å². The molecule has 0 spiro atoms. The maximum absolute atomic E-state index is 12.4. The predicted octanol–water partition coefficient (Wildman–Crippen LogP) is 1.28. The van der Waals surface area contributed by atoms with Gasteiger partial charge in [0.1, 0.15) is 12.3 Å². The van der Waals surface area contributed by atoms with Crippen molar-refractivity contribution in [1.82, 2.24) is 5.32 Å². The van der Waals surface area contributed by atoms with Gasteiger partial charge in [-0.25, -0.2) is 0 Å². The first-order valence-electron chi connectivity index (χ1n) is 10.5. The summed E-state index contributed by atoms with van der Waals surface area (Å²) in [5.74, 6) is 0.372. The summed E-state index contributed by atoms with van der Waals surface area (Å²) in [6.45, 7) is 10.7. The number of piperidine rings is 1. The molecule has 2 aliphatic heterocycles. The van der Waals surface area contributed by atoms with Gasteiger partial charge in [0.05, 0.1) is 25.3 Å². The second-order valence-corrected chi connectivity index (χ2v) is 8.97.